The fourth-order valence-corrected chi connectivity index (χ4v) is 4.47. The van der Waals surface area contributed by atoms with Gasteiger partial charge in [-0.25, -0.2) is 0 Å². The Kier molecular flexibility index (Phi) is 8.10. The number of rotatable bonds is 9. The van der Waals surface area contributed by atoms with Gasteiger partial charge in [0.05, 0.1) is 12.7 Å². The van der Waals surface area contributed by atoms with Gasteiger partial charge in [-0.05, 0) is 59.5 Å². The van der Waals surface area contributed by atoms with E-state index in [1.807, 2.05) is 24.3 Å². The molecule has 1 N–H and O–H groups in total. The summed E-state index contributed by atoms with van der Waals surface area (Å²) in [6.45, 7) is 4.82. The first-order chi connectivity index (χ1) is 18.1. The molecule has 0 saturated heterocycles. The Balaban J connectivity index is 1.44. The predicted molar refractivity (Wildman–Crippen MR) is 140 cm³/mol. The predicted octanol–water partition coefficient (Wildman–Crippen LogP) is 5.85. The Hall–Kier alpha value is -3.80. The molecule has 0 fully saturated rings. The van der Waals surface area contributed by atoms with E-state index >= 15 is 0 Å². The highest BCUT2D eigenvalue weighted by Crippen LogP contribution is 2.36. The Morgan fingerprint density at radius 1 is 1.11 bits per heavy atom. The molecule has 38 heavy (non-hydrogen) atoms. The van der Waals surface area contributed by atoms with Crippen LogP contribution in [0.4, 0.5) is 13.2 Å². The molecule has 0 aromatic heterocycles. The van der Waals surface area contributed by atoms with Crippen LogP contribution < -0.4 is 14.2 Å². The Labute approximate surface area is 221 Å². The van der Waals surface area contributed by atoms with Crippen LogP contribution in [-0.4, -0.2) is 53.5 Å². The number of ether oxygens (including phenoxy) is 3. The molecule has 0 bridgehead atoms. The minimum atomic E-state index is -4.71. The molecule has 2 aliphatic heterocycles. The minimum absolute atomic E-state index is 0.202. The second-order valence-electron chi connectivity index (χ2n) is 8.38. The Bertz CT molecular complexity index is 1340. The molecule has 0 unspecified atom stereocenters. The number of alkyl halides is 3. The molecule has 2 aromatic rings. The Morgan fingerprint density at radius 2 is 1.82 bits per heavy atom. The number of amides is 1. The first kappa shape index (κ1) is 27.2. The van der Waals surface area contributed by atoms with Crippen molar-refractivity contribution in [2.75, 3.05) is 20.3 Å². The van der Waals surface area contributed by atoms with Crippen molar-refractivity contribution in [2.24, 2.45) is 10.1 Å². The number of hydrazone groups is 1. The molecule has 2 heterocycles. The molecule has 2 aliphatic rings. The van der Waals surface area contributed by atoms with Gasteiger partial charge in [-0.1, -0.05) is 38.1 Å². The first-order valence-corrected chi connectivity index (χ1v) is 12.5. The molecular weight excluding hydrogens is 521 g/mol. The van der Waals surface area contributed by atoms with E-state index in [1.165, 1.54) is 13.2 Å². The quantitative estimate of drug-likeness (QED) is 0.313. The molecule has 0 aliphatic carbocycles. The van der Waals surface area contributed by atoms with Crippen molar-refractivity contribution in [3.63, 3.8) is 0 Å². The summed E-state index contributed by atoms with van der Waals surface area (Å²) < 4.78 is 56.2. The van der Waals surface area contributed by atoms with E-state index in [9.17, 15) is 18.0 Å². The number of hydrogen-bond acceptors (Lipinski definition) is 7. The van der Waals surface area contributed by atoms with E-state index < -0.39 is 23.0 Å². The van der Waals surface area contributed by atoms with Crippen molar-refractivity contribution < 1.29 is 32.2 Å². The zero-order valence-corrected chi connectivity index (χ0v) is 21.7. The van der Waals surface area contributed by atoms with E-state index in [-0.39, 0.29) is 29.1 Å². The van der Waals surface area contributed by atoms with Crippen molar-refractivity contribution >= 4 is 39.8 Å². The van der Waals surface area contributed by atoms with Crippen molar-refractivity contribution in [3.05, 3.63) is 59.2 Å². The average molecular weight is 547 g/mol. The maximum Gasteiger partial charge on any atom is 0.441 e. The van der Waals surface area contributed by atoms with Gasteiger partial charge in [-0.15, -0.1) is 0 Å². The molecule has 0 radical (unpaired) electrons. The molecule has 1 amide bonds. The summed E-state index contributed by atoms with van der Waals surface area (Å²) in [7, 11) is 1.46. The lowest BCUT2D eigenvalue weighted by Crippen LogP contribution is -2.35. The molecule has 1 atom stereocenters. The number of halogens is 3. The van der Waals surface area contributed by atoms with Gasteiger partial charge in [-0.3, -0.25) is 10.2 Å². The van der Waals surface area contributed by atoms with Gasteiger partial charge in [0.15, 0.2) is 17.3 Å². The highest BCUT2D eigenvalue weighted by atomic mass is 32.2. The number of amidine groups is 2. The van der Waals surface area contributed by atoms with Gasteiger partial charge in [0.2, 0.25) is 10.2 Å². The number of carbonyl (C=O) groups is 1. The maximum absolute atomic E-state index is 13.0. The number of nitrogens with zero attached hydrogens (tertiary/aromatic N) is 3. The summed E-state index contributed by atoms with van der Waals surface area (Å²) in [6.07, 6.45) is -2.37. The van der Waals surface area contributed by atoms with Crippen LogP contribution in [0.5, 0.6) is 17.2 Å². The average Bonchev–Trinajstić information content (AvgIpc) is 3.34. The largest absolute Gasteiger partial charge is 0.493 e. The van der Waals surface area contributed by atoms with Crippen molar-refractivity contribution in [3.8, 4) is 17.2 Å². The van der Waals surface area contributed by atoms with Crippen LogP contribution in [0.1, 0.15) is 37.3 Å². The highest BCUT2D eigenvalue weighted by molar-refractivity contribution is 8.27. The SMILES string of the molecule is CC[C@H](C)c1ccccc1OCCOc1ccc(/C=C2/C(=N)N3N=C(C(F)(F)F)SC3=NC2=O)cc1OC. The topological polar surface area (TPSA) is 96.6 Å². The Morgan fingerprint density at radius 3 is 2.50 bits per heavy atom. The summed E-state index contributed by atoms with van der Waals surface area (Å²) >= 11 is 0.202. The van der Waals surface area contributed by atoms with Gasteiger partial charge in [-0.2, -0.15) is 28.3 Å². The third kappa shape index (κ3) is 5.85. The van der Waals surface area contributed by atoms with E-state index in [0.717, 1.165) is 17.7 Å². The van der Waals surface area contributed by atoms with Crippen LogP contribution in [0.2, 0.25) is 0 Å². The molecular formula is C26H25F3N4O4S. The van der Waals surface area contributed by atoms with Crippen LogP contribution in [-0.2, 0) is 4.79 Å². The van der Waals surface area contributed by atoms with Crippen LogP contribution in [0.15, 0.2) is 58.1 Å². The number of para-hydroxylation sites is 1. The first-order valence-electron chi connectivity index (χ1n) is 11.7. The summed E-state index contributed by atoms with van der Waals surface area (Å²) in [6, 6.07) is 12.7. The molecule has 0 saturated carbocycles. The molecule has 12 heteroatoms. The van der Waals surface area contributed by atoms with Gasteiger partial charge in [0.1, 0.15) is 19.0 Å². The third-order valence-electron chi connectivity index (χ3n) is 5.86. The number of thioether (sulfide) groups is 1. The lowest BCUT2D eigenvalue weighted by Gasteiger charge is -2.20. The van der Waals surface area contributed by atoms with E-state index in [4.69, 9.17) is 19.6 Å². The summed E-state index contributed by atoms with van der Waals surface area (Å²) in [5.41, 5.74) is 1.40. The standard InChI is InChI=1S/C26H25F3N4O4S/c1-4-15(2)17-7-5-6-8-19(17)36-11-12-37-20-10-9-16(14-21(20)35-3)13-18-22(30)33-25(31-23(18)34)38-24(32-33)26(27,28)29/h5-10,13-15,30H,4,11-12H2,1-3H3/b18-13-,30-22?/t15-/m0/s1. The van der Waals surface area contributed by atoms with E-state index in [1.54, 1.807) is 18.2 Å². The van der Waals surface area contributed by atoms with Crippen molar-refractivity contribution in [1.29, 1.82) is 5.41 Å². The van der Waals surface area contributed by atoms with Crippen LogP contribution >= 0.6 is 11.8 Å². The van der Waals surface area contributed by atoms with Crippen molar-refractivity contribution in [1.82, 2.24) is 5.01 Å². The molecule has 0 spiro atoms. The molecule has 4 rings (SSSR count). The minimum Gasteiger partial charge on any atom is -0.493 e. The normalized spacial score (nSPS) is 17.2. The zero-order valence-electron chi connectivity index (χ0n) is 20.8. The molecule has 2 aromatic carbocycles. The third-order valence-corrected chi connectivity index (χ3v) is 6.81. The second kappa shape index (κ2) is 11.3. The fraction of sp³-hybridized carbons (Fsp3) is 0.308. The van der Waals surface area contributed by atoms with Gasteiger partial charge < -0.3 is 14.2 Å². The number of carbonyl (C=O) groups excluding carboxylic acids is 1. The number of methoxy groups -OCH3 is 1. The number of benzene rings is 2. The number of fused-ring (bicyclic) bond motifs is 1. The van der Waals surface area contributed by atoms with Gasteiger partial charge in [0.25, 0.3) is 5.91 Å². The number of nitrogens with one attached hydrogen (secondary N) is 1. The lowest BCUT2D eigenvalue weighted by molar-refractivity contribution is -0.114. The lowest BCUT2D eigenvalue weighted by atomic mass is 9.98. The second-order valence-corrected chi connectivity index (χ2v) is 9.33. The highest BCUT2D eigenvalue weighted by Gasteiger charge is 2.46. The number of aliphatic imine (C=N–C) groups is 1. The van der Waals surface area contributed by atoms with Gasteiger partial charge >= 0.3 is 6.18 Å². The van der Waals surface area contributed by atoms with Crippen molar-refractivity contribution in [2.45, 2.75) is 32.4 Å². The van der Waals surface area contributed by atoms with Crippen LogP contribution in [0, 0.1) is 5.41 Å². The monoisotopic (exact) mass is 546 g/mol. The zero-order chi connectivity index (χ0) is 27.4. The maximum atomic E-state index is 13.0. The van der Waals surface area contributed by atoms with E-state index in [0.29, 0.717) is 34.6 Å². The van der Waals surface area contributed by atoms with E-state index in [2.05, 4.69) is 23.9 Å². The smallest absolute Gasteiger partial charge is 0.441 e. The van der Waals surface area contributed by atoms with Gasteiger partial charge in [0, 0.05) is 0 Å². The summed E-state index contributed by atoms with van der Waals surface area (Å²) in [5.74, 6) is 0.656. The summed E-state index contributed by atoms with van der Waals surface area (Å²) in [5, 5.41) is 10.8. The summed E-state index contributed by atoms with van der Waals surface area (Å²) in [4.78, 5) is 16.1. The fourth-order valence-electron chi connectivity index (χ4n) is 3.71. The van der Waals surface area contributed by atoms with Crippen LogP contribution in [0.3, 0.4) is 0 Å². The number of hydrogen-bond donors (Lipinski definition) is 1. The van der Waals surface area contributed by atoms with Crippen LogP contribution in [0.25, 0.3) is 6.08 Å². The molecule has 8 nitrogen and oxygen atoms in total. The molecule has 200 valence electrons.